The molecular weight excluding hydrogens is 120 g/mol. The van der Waals surface area contributed by atoms with Gasteiger partial charge in [-0.05, 0) is 6.04 Å². The second kappa shape index (κ2) is 6.69. The Hall–Kier alpha value is -0.313. The van der Waals surface area contributed by atoms with E-state index in [1.807, 2.05) is 0 Å². The smallest absolute Gasteiger partial charge is 0.314 e. The van der Waals surface area contributed by atoms with E-state index in [1.54, 1.807) is 0 Å². The minimum absolute atomic E-state index is 0.371. The molecule has 2 nitrogen and oxygen atoms in total. The molecule has 0 saturated carbocycles. The number of hydrogen-bond acceptors (Lipinski definition) is 2. The normalized spacial score (nSPS) is 8.62. The Kier molecular flexibility index (Phi) is 6.43. The van der Waals surface area contributed by atoms with Crippen molar-refractivity contribution in [3.05, 3.63) is 0 Å². The van der Waals surface area contributed by atoms with Crippen LogP contribution in [0.25, 0.3) is 0 Å². The Labute approximate surface area is 52.2 Å². The van der Waals surface area contributed by atoms with Gasteiger partial charge >= 0.3 is 9.76 Å². The lowest BCUT2D eigenvalue weighted by molar-refractivity contribution is -0.120. The summed E-state index contributed by atoms with van der Waals surface area (Å²) in [6.07, 6.45) is 2.33. The summed E-state index contributed by atoms with van der Waals surface area (Å²) in [4.78, 5) is 9.55. The lowest BCUT2D eigenvalue weighted by Crippen LogP contribution is -1.94. The molecule has 3 heteroatoms. The third kappa shape index (κ3) is 5.69. The van der Waals surface area contributed by atoms with Crippen LogP contribution in [0.1, 0.15) is 19.8 Å². The molecule has 0 N–H and O–H groups in total. The molecule has 0 aliphatic heterocycles. The zero-order valence-corrected chi connectivity index (χ0v) is 6.02. The lowest BCUT2D eigenvalue weighted by atomic mass is 10.4. The first kappa shape index (κ1) is 7.69. The fraction of sp³-hybridized carbons (Fsp3) is 0.800. The minimum Gasteiger partial charge on any atom is -0.519 e. The summed E-state index contributed by atoms with van der Waals surface area (Å²) < 4.78 is 4.48. The lowest BCUT2D eigenvalue weighted by Gasteiger charge is -1.90. The van der Waals surface area contributed by atoms with Gasteiger partial charge in [-0.1, -0.05) is 19.8 Å². The summed E-state index contributed by atoms with van der Waals surface area (Å²) in [5.41, 5.74) is 0. The quantitative estimate of drug-likeness (QED) is 0.315. The Morgan fingerprint density at radius 3 is 3.00 bits per heavy atom. The molecule has 2 radical (unpaired) electrons. The van der Waals surface area contributed by atoms with Crippen molar-refractivity contribution in [3.8, 4) is 0 Å². The van der Waals surface area contributed by atoms with Gasteiger partial charge in [-0.3, -0.25) is 4.79 Å². The van der Waals surface area contributed by atoms with Crippen molar-refractivity contribution in [2.24, 2.45) is 0 Å². The van der Waals surface area contributed by atoms with Crippen LogP contribution in [0.15, 0.2) is 0 Å². The molecule has 46 valence electrons. The van der Waals surface area contributed by atoms with Crippen LogP contribution in [0.4, 0.5) is 0 Å². The van der Waals surface area contributed by atoms with E-state index >= 15 is 0 Å². The van der Waals surface area contributed by atoms with Crippen molar-refractivity contribution >= 4 is 16.2 Å². The molecule has 0 bridgehead atoms. The van der Waals surface area contributed by atoms with Gasteiger partial charge in [0.05, 0.1) is 0 Å². The van der Waals surface area contributed by atoms with Crippen molar-refractivity contribution in [1.82, 2.24) is 0 Å². The SMILES string of the molecule is CCCC[Si]OC=O. The summed E-state index contributed by atoms with van der Waals surface area (Å²) in [6, 6.07) is 1.02. The largest absolute Gasteiger partial charge is 0.519 e. The van der Waals surface area contributed by atoms with Crippen LogP contribution in [0.2, 0.25) is 6.04 Å². The Balaban J connectivity index is 2.62. The number of rotatable bonds is 5. The molecule has 0 unspecified atom stereocenters. The van der Waals surface area contributed by atoms with Gasteiger partial charge in [-0.2, -0.15) is 0 Å². The first-order valence-corrected chi connectivity index (χ1v) is 3.85. The van der Waals surface area contributed by atoms with Crippen LogP contribution < -0.4 is 0 Å². The highest BCUT2D eigenvalue weighted by Crippen LogP contribution is 1.91. The fourth-order valence-electron chi connectivity index (χ4n) is 0.342. The number of carbonyl (C=O) groups is 1. The molecule has 0 aromatic carbocycles. The zero-order chi connectivity index (χ0) is 6.24. The average molecular weight is 130 g/mol. The van der Waals surface area contributed by atoms with Gasteiger partial charge in [0, 0.05) is 0 Å². The summed E-state index contributed by atoms with van der Waals surface area (Å²) in [5.74, 6) is 0. The first-order chi connectivity index (χ1) is 3.91. The molecule has 0 aliphatic carbocycles. The Bertz CT molecular complexity index is 56.4. The third-order valence-corrected chi connectivity index (χ3v) is 1.58. The predicted molar refractivity (Wildman–Crippen MR) is 32.6 cm³/mol. The van der Waals surface area contributed by atoms with Crippen molar-refractivity contribution in [1.29, 1.82) is 0 Å². The number of carbonyl (C=O) groups excluding carboxylic acids is 1. The van der Waals surface area contributed by atoms with E-state index in [-0.39, 0.29) is 0 Å². The maximum Gasteiger partial charge on any atom is 0.314 e. The molecule has 0 atom stereocenters. The van der Waals surface area contributed by atoms with Crippen molar-refractivity contribution in [2.75, 3.05) is 0 Å². The van der Waals surface area contributed by atoms with Gasteiger partial charge in [0.1, 0.15) is 0 Å². The molecular formula is C5H10O2Si. The predicted octanol–water partition coefficient (Wildman–Crippen LogP) is 0.997. The molecule has 0 fully saturated rings. The number of unbranched alkanes of at least 4 members (excludes halogenated alkanes) is 1. The summed E-state index contributed by atoms with van der Waals surface area (Å²) in [6.45, 7) is 2.62. The van der Waals surface area contributed by atoms with Crippen LogP contribution >= 0.6 is 0 Å². The van der Waals surface area contributed by atoms with Crippen LogP contribution in [0.3, 0.4) is 0 Å². The standard InChI is InChI=1S/C5H10O2Si/c1-2-3-4-8-7-5-6/h5H,2-4H2,1H3. The maximum atomic E-state index is 9.55. The van der Waals surface area contributed by atoms with E-state index in [0.717, 1.165) is 12.5 Å². The van der Waals surface area contributed by atoms with Crippen molar-refractivity contribution in [3.63, 3.8) is 0 Å². The van der Waals surface area contributed by atoms with E-state index in [0.29, 0.717) is 16.2 Å². The molecule has 8 heavy (non-hydrogen) atoms. The van der Waals surface area contributed by atoms with Gasteiger partial charge in [0.2, 0.25) is 0 Å². The summed E-state index contributed by atoms with van der Waals surface area (Å²) >= 11 is 0. The van der Waals surface area contributed by atoms with Crippen LogP contribution in [-0.2, 0) is 9.22 Å². The van der Waals surface area contributed by atoms with Crippen molar-refractivity contribution < 1.29 is 9.22 Å². The van der Waals surface area contributed by atoms with E-state index < -0.39 is 0 Å². The Morgan fingerprint density at radius 2 is 2.50 bits per heavy atom. The fourth-order valence-corrected chi connectivity index (χ4v) is 1.03. The molecule has 0 amide bonds. The molecule has 0 aromatic heterocycles. The molecule has 0 spiro atoms. The van der Waals surface area contributed by atoms with E-state index in [4.69, 9.17) is 0 Å². The van der Waals surface area contributed by atoms with E-state index in [9.17, 15) is 4.79 Å². The maximum absolute atomic E-state index is 9.55. The first-order valence-electron chi connectivity index (χ1n) is 2.74. The molecule has 0 aliphatic rings. The second-order valence-electron chi connectivity index (χ2n) is 1.46. The third-order valence-electron chi connectivity index (χ3n) is 0.764. The van der Waals surface area contributed by atoms with E-state index in [1.165, 1.54) is 6.42 Å². The van der Waals surface area contributed by atoms with Crippen LogP contribution in [0.5, 0.6) is 0 Å². The van der Waals surface area contributed by atoms with Gasteiger partial charge in [0.25, 0.3) is 6.47 Å². The topological polar surface area (TPSA) is 26.3 Å². The van der Waals surface area contributed by atoms with Gasteiger partial charge in [-0.25, -0.2) is 0 Å². The Morgan fingerprint density at radius 1 is 1.75 bits per heavy atom. The van der Waals surface area contributed by atoms with Gasteiger partial charge < -0.3 is 4.43 Å². The number of hydrogen-bond donors (Lipinski definition) is 0. The van der Waals surface area contributed by atoms with Gasteiger partial charge in [0.15, 0.2) is 0 Å². The van der Waals surface area contributed by atoms with E-state index in [2.05, 4.69) is 11.3 Å². The minimum atomic E-state index is 0.371. The summed E-state index contributed by atoms with van der Waals surface area (Å²) in [5, 5.41) is 0. The molecule has 0 aromatic rings. The molecule has 0 heterocycles. The highest BCUT2D eigenvalue weighted by atomic mass is 28.2. The zero-order valence-electron chi connectivity index (χ0n) is 5.02. The van der Waals surface area contributed by atoms with Crippen LogP contribution in [-0.4, -0.2) is 16.2 Å². The molecule has 0 saturated heterocycles. The van der Waals surface area contributed by atoms with Gasteiger partial charge in [-0.15, -0.1) is 0 Å². The highest BCUT2D eigenvalue weighted by Gasteiger charge is 1.87. The molecule has 0 rings (SSSR count). The summed E-state index contributed by atoms with van der Waals surface area (Å²) in [7, 11) is 0.371. The monoisotopic (exact) mass is 130 g/mol. The average Bonchev–Trinajstić information content (AvgIpc) is 1.81. The second-order valence-corrected chi connectivity index (χ2v) is 2.49. The van der Waals surface area contributed by atoms with Crippen LogP contribution in [0, 0.1) is 0 Å². The van der Waals surface area contributed by atoms with Crippen molar-refractivity contribution in [2.45, 2.75) is 25.8 Å². The highest BCUT2D eigenvalue weighted by molar-refractivity contribution is 6.29.